The van der Waals surface area contributed by atoms with Gasteiger partial charge in [-0.05, 0) is 92.3 Å². The van der Waals surface area contributed by atoms with Gasteiger partial charge in [0.15, 0.2) is 0 Å². The maximum Gasteiger partial charge on any atom is 0.0696 e. The molecule has 2 heteroatoms. The number of rotatable bonds is 5. The van der Waals surface area contributed by atoms with Gasteiger partial charge in [0.2, 0.25) is 0 Å². The lowest BCUT2D eigenvalue weighted by molar-refractivity contribution is -0.0786. The zero-order valence-corrected chi connectivity index (χ0v) is 20.3. The van der Waals surface area contributed by atoms with Crippen LogP contribution in [0.15, 0.2) is 11.1 Å². The predicted octanol–water partition coefficient (Wildman–Crippen LogP) is 7.43. The Morgan fingerprint density at radius 2 is 1.80 bits per heavy atom. The number of allylic oxidation sites excluding steroid dienone is 2. The molecule has 3 saturated carbocycles. The van der Waals surface area contributed by atoms with Crippen LogP contribution in [0.25, 0.3) is 0 Å². The maximum atomic E-state index is 10.4. The van der Waals surface area contributed by atoms with Crippen molar-refractivity contribution in [3.8, 4) is 6.07 Å². The summed E-state index contributed by atoms with van der Waals surface area (Å²) in [4.78, 5) is 0. The van der Waals surface area contributed by atoms with E-state index in [0.717, 1.165) is 43.4 Å². The summed E-state index contributed by atoms with van der Waals surface area (Å²) in [7, 11) is 0. The van der Waals surface area contributed by atoms with Crippen LogP contribution < -0.4 is 0 Å². The third-order valence-electron chi connectivity index (χ3n) is 10.6. The second-order valence-electron chi connectivity index (χ2n) is 12.5. The fraction of sp³-hybridized carbons (Fsp3) is 0.893. The molecule has 4 rings (SSSR count). The van der Waals surface area contributed by atoms with Gasteiger partial charge in [0.05, 0.1) is 17.6 Å². The molecule has 0 heterocycles. The van der Waals surface area contributed by atoms with Crippen molar-refractivity contribution in [2.24, 2.45) is 39.9 Å². The Hall–Kier alpha value is -0.810. The van der Waals surface area contributed by atoms with Crippen LogP contribution in [0, 0.1) is 51.2 Å². The minimum Gasteiger partial charge on any atom is -0.393 e. The van der Waals surface area contributed by atoms with Crippen LogP contribution in [0.1, 0.15) is 112 Å². The van der Waals surface area contributed by atoms with Gasteiger partial charge in [-0.25, -0.2) is 0 Å². The molecule has 1 N–H and O–H groups in total. The van der Waals surface area contributed by atoms with Crippen molar-refractivity contribution in [3.63, 3.8) is 0 Å². The molecule has 0 aromatic carbocycles. The van der Waals surface area contributed by atoms with Crippen molar-refractivity contribution in [2.75, 3.05) is 0 Å². The van der Waals surface area contributed by atoms with E-state index in [2.05, 4.69) is 40.7 Å². The highest BCUT2D eigenvalue weighted by atomic mass is 16.3. The molecule has 0 aliphatic heterocycles. The zero-order valence-electron chi connectivity index (χ0n) is 20.3. The number of aliphatic hydroxyl groups is 1. The van der Waals surface area contributed by atoms with Crippen LogP contribution in [-0.2, 0) is 0 Å². The molecule has 0 radical (unpaired) electrons. The fourth-order valence-corrected chi connectivity index (χ4v) is 8.73. The lowest BCUT2D eigenvalue weighted by Crippen LogP contribution is -2.54. The summed E-state index contributed by atoms with van der Waals surface area (Å²) in [6.07, 6.45) is 13.8. The van der Waals surface area contributed by atoms with Crippen molar-refractivity contribution < 1.29 is 5.11 Å². The first-order chi connectivity index (χ1) is 14.2. The van der Waals surface area contributed by atoms with Crippen LogP contribution in [0.2, 0.25) is 0 Å². The van der Waals surface area contributed by atoms with Crippen molar-refractivity contribution in [2.45, 2.75) is 118 Å². The molecule has 0 amide bonds. The molecule has 0 aromatic rings. The number of nitrogens with zero attached hydrogens (tertiary/aromatic N) is 1. The summed E-state index contributed by atoms with van der Waals surface area (Å²) in [6, 6.07) is 2.77. The van der Waals surface area contributed by atoms with E-state index in [1.165, 1.54) is 44.9 Å². The Balaban J connectivity index is 1.60. The SMILES string of the molecule is CC(C)CCC[C@@H](C)[C@H]1CCC2=C3CC[C@]4(C#N)C[C@H](O)CC[C@]4(C)[C@H]3CC[C@@]21C. The van der Waals surface area contributed by atoms with Crippen LogP contribution >= 0.6 is 0 Å². The van der Waals surface area contributed by atoms with E-state index in [4.69, 9.17) is 0 Å². The second kappa shape index (κ2) is 7.95. The monoisotopic (exact) mass is 411 g/mol. The maximum absolute atomic E-state index is 10.4. The summed E-state index contributed by atoms with van der Waals surface area (Å²) in [5.74, 6) is 3.07. The van der Waals surface area contributed by atoms with Gasteiger partial charge in [0.1, 0.15) is 0 Å². The number of hydrogen-bond donors (Lipinski definition) is 1. The molecule has 2 nitrogen and oxygen atoms in total. The predicted molar refractivity (Wildman–Crippen MR) is 124 cm³/mol. The first kappa shape index (κ1) is 22.4. The molecular weight excluding hydrogens is 366 g/mol. The molecule has 168 valence electrons. The van der Waals surface area contributed by atoms with E-state index in [9.17, 15) is 10.4 Å². The third-order valence-corrected chi connectivity index (χ3v) is 10.6. The first-order valence-electron chi connectivity index (χ1n) is 13.0. The summed E-state index contributed by atoms with van der Waals surface area (Å²) < 4.78 is 0. The van der Waals surface area contributed by atoms with E-state index in [-0.39, 0.29) is 16.9 Å². The standard InChI is InChI=1S/C28H45NO/c1-19(2)7-6-8-20(3)23-9-10-24-22-12-16-28(18-29)17-21(30)11-15-27(28,5)25(22)13-14-26(23,24)4/h19-21,23,25,30H,6-17H2,1-5H3/t20-,21-,23-,25+,26-,27-,28-/m1/s1. The van der Waals surface area contributed by atoms with Crippen LogP contribution in [-0.4, -0.2) is 11.2 Å². The summed E-state index contributed by atoms with van der Waals surface area (Å²) in [5, 5.41) is 20.6. The summed E-state index contributed by atoms with van der Waals surface area (Å²) in [5.41, 5.74) is 3.74. The molecular formula is C28H45NO. The van der Waals surface area contributed by atoms with Crippen LogP contribution in [0.4, 0.5) is 0 Å². The summed E-state index contributed by atoms with van der Waals surface area (Å²) >= 11 is 0. The van der Waals surface area contributed by atoms with E-state index < -0.39 is 0 Å². The van der Waals surface area contributed by atoms with E-state index in [1.807, 2.05) is 5.57 Å². The molecule has 4 aliphatic rings. The van der Waals surface area contributed by atoms with Gasteiger partial charge in [-0.2, -0.15) is 5.26 Å². The molecule has 7 atom stereocenters. The van der Waals surface area contributed by atoms with Crippen molar-refractivity contribution in [3.05, 3.63) is 11.1 Å². The Morgan fingerprint density at radius 1 is 1.03 bits per heavy atom. The lowest BCUT2D eigenvalue weighted by Gasteiger charge is -2.60. The van der Waals surface area contributed by atoms with Gasteiger partial charge in [0, 0.05) is 0 Å². The Labute approximate surface area is 185 Å². The van der Waals surface area contributed by atoms with Gasteiger partial charge >= 0.3 is 0 Å². The average Bonchev–Trinajstić information content (AvgIpc) is 3.05. The largest absolute Gasteiger partial charge is 0.393 e. The van der Waals surface area contributed by atoms with E-state index >= 15 is 0 Å². The van der Waals surface area contributed by atoms with Gasteiger partial charge < -0.3 is 5.11 Å². The minimum absolute atomic E-state index is 0.0594. The second-order valence-corrected chi connectivity index (χ2v) is 12.5. The third kappa shape index (κ3) is 3.30. The first-order valence-corrected chi connectivity index (χ1v) is 13.0. The molecule has 4 aliphatic carbocycles. The number of aliphatic hydroxyl groups excluding tert-OH is 1. The molecule has 0 unspecified atom stereocenters. The van der Waals surface area contributed by atoms with Gasteiger partial charge in [-0.15, -0.1) is 0 Å². The fourth-order valence-electron chi connectivity index (χ4n) is 8.73. The molecule has 0 bridgehead atoms. The van der Waals surface area contributed by atoms with Crippen LogP contribution in [0.5, 0.6) is 0 Å². The highest BCUT2D eigenvalue weighted by Crippen LogP contribution is 2.69. The minimum atomic E-state index is -0.310. The Kier molecular flexibility index (Phi) is 5.93. The smallest absolute Gasteiger partial charge is 0.0696 e. The van der Waals surface area contributed by atoms with Crippen molar-refractivity contribution >= 4 is 0 Å². The topological polar surface area (TPSA) is 44.0 Å². The average molecular weight is 412 g/mol. The molecule has 0 aromatic heterocycles. The number of fused-ring (bicyclic) bond motifs is 4. The normalized spacial score (nSPS) is 44.3. The quantitative estimate of drug-likeness (QED) is 0.478. The molecule has 3 fully saturated rings. The van der Waals surface area contributed by atoms with Crippen molar-refractivity contribution in [1.29, 1.82) is 5.26 Å². The zero-order chi connectivity index (χ0) is 21.7. The molecule has 0 spiro atoms. The lowest BCUT2D eigenvalue weighted by atomic mass is 9.43. The molecule has 0 saturated heterocycles. The number of nitriles is 1. The van der Waals surface area contributed by atoms with E-state index in [1.54, 1.807) is 5.57 Å². The van der Waals surface area contributed by atoms with Gasteiger partial charge in [-0.3, -0.25) is 0 Å². The van der Waals surface area contributed by atoms with Gasteiger partial charge in [0.25, 0.3) is 0 Å². The molecule has 30 heavy (non-hydrogen) atoms. The van der Waals surface area contributed by atoms with E-state index in [0.29, 0.717) is 17.8 Å². The highest BCUT2D eigenvalue weighted by molar-refractivity contribution is 5.37. The highest BCUT2D eigenvalue weighted by Gasteiger charge is 2.61. The van der Waals surface area contributed by atoms with Crippen LogP contribution in [0.3, 0.4) is 0 Å². The Morgan fingerprint density at radius 3 is 2.50 bits per heavy atom. The Bertz CT molecular complexity index is 731. The summed E-state index contributed by atoms with van der Waals surface area (Å²) in [6.45, 7) is 12.2. The number of hydrogen-bond acceptors (Lipinski definition) is 2. The van der Waals surface area contributed by atoms with Crippen molar-refractivity contribution in [1.82, 2.24) is 0 Å². The van der Waals surface area contributed by atoms with Gasteiger partial charge in [-0.1, -0.05) is 65.0 Å².